The molecule has 0 saturated carbocycles. The first-order valence-electron chi connectivity index (χ1n) is 6.83. The highest BCUT2D eigenvalue weighted by molar-refractivity contribution is 5.31. The van der Waals surface area contributed by atoms with E-state index in [-0.39, 0.29) is 0 Å². The first kappa shape index (κ1) is 16.5. The Bertz CT molecular complexity index is 609. The zero-order valence-corrected chi connectivity index (χ0v) is 11.9. The van der Waals surface area contributed by atoms with Gasteiger partial charge in [0.25, 0.3) is 0 Å². The fraction of sp³-hybridized carbons (Fsp3) is 0.294. The molecule has 0 radical (unpaired) electrons. The zero-order valence-electron chi connectivity index (χ0n) is 11.9. The van der Waals surface area contributed by atoms with Crippen molar-refractivity contribution < 1.29 is 22.0 Å². The van der Waals surface area contributed by atoms with E-state index in [1.165, 1.54) is 36.4 Å². The highest BCUT2D eigenvalue weighted by atomic mass is 19.3. The van der Waals surface area contributed by atoms with Gasteiger partial charge in [-0.2, -0.15) is 17.6 Å². The van der Waals surface area contributed by atoms with Gasteiger partial charge in [-0.3, -0.25) is 0 Å². The Morgan fingerprint density at radius 2 is 1.09 bits per heavy atom. The number of alkyl halides is 5. The van der Waals surface area contributed by atoms with Gasteiger partial charge in [0.1, 0.15) is 0 Å². The summed E-state index contributed by atoms with van der Waals surface area (Å²) in [4.78, 5) is 0. The van der Waals surface area contributed by atoms with E-state index in [0.29, 0.717) is 0 Å². The van der Waals surface area contributed by atoms with Crippen LogP contribution >= 0.6 is 0 Å². The molecule has 2 aromatic carbocycles. The number of halogens is 5. The Hall–Kier alpha value is -1.91. The number of hydrogen-bond donors (Lipinski definition) is 0. The second-order valence-electron chi connectivity index (χ2n) is 5.04. The van der Waals surface area contributed by atoms with Crippen LogP contribution in [-0.2, 0) is 11.6 Å². The van der Waals surface area contributed by atoms with Gasteiger partial charge in [-0.1, -0.05) is 67.6 Å². The highest BCUT2D eigenvalue weighted by Gasteiger charge is 2.70. The van der Waals surface area contributed by atoms with Gasteiger partial charge in [0.05, 0.1) is 0 Å². The van der Waals surface area contributed by atoms with E-state index in [1.807, 2.05) is 0 Å². The summed E-state index contributed by atoms with van der Waals surface area (Å²) >= 11 is 0. The minimum absolute atomic E-state index is 0.460. The van der Waals surface area contributed by atoms with Crippen molar-refractivity contribution in [3.63, 3.8) is 0 Å². The molecule has 0 spiro atoms. The van der Waals surface area contributed by atoms with E-state index in [1.54, 1.807) is 0 Å². The van der Waals surface area contributed by atoms with Crippen LogP contribution in [0.2, 0.25) is 0 Å². The van der Waals surface area contributed by atoms with Crippen LogP contribution in [0.1, 0.15) is 24.5 Å². The topological polar surface area (TPSA) is 0 Å². The van der Waals surface area contributed by atoms with Crippen molar-refractivity contribution in [2.24, 2.45) is 0 Å². The summed E-state index contributed by atoms with van der Waals surface area (Å²) < 4.78 is 72.6. The molecule has 2 aromatic rings. The predicted molar refractivity (Wildman–Crippen MR) is 74.8 cm³/mol. The predicted octanol–water partition coefficient (Wildman–Crippen LogP) is 5.69. The molecule has 0 N–H and O–H groups in total. The monoisotopic (exact) mass is 314 g/mol. The molecule has 0 saturated heterocycles. The van der Waals surface area contributed by atoms with E-state index in [0.717, 1.165) is 31.2 Å². The molecular weight excluding hydrogens is 299 g/mol. The Balaban J connectivity index is 2.56. The molecule has 0 bridgehead atoms. The lowest BCUT2D eigenvalue weighted by atomic mass is 9.81. The fourth-order valence-corrected chi connectivity index (χ4v) is 2.39. The largest absolute Gasteiger partial charge is 0.351 e. The van der Waals surface area contributed by atoms with Crippen LogP contribution in [0.4, 0.5) is 22.0 Å². The molecule has 0 fully saturated rings. The van der Waals surface area contributed by atoms with Crippen molar-refractivity contribution in [1.82, 2.24) is 0 Å². The third kappa shape index (κ3) is 2.38. The summed E-state index contributed by atoms with van der Waals surface area (Å²) in [5, 5.41) is 0. The second kappa shape index (κ2) is 5.71. The summed E-state index contributed by atoms with van der Waals surface area (Å²) in [5.41, 5.74) is -4.84. The molecule has 0 aromatic heterocycles. The number of benzene rings is 2. The molecule has 2 rings (SSSR count). The average molecular weight is 314 g/mol. The standard InChI is InChI=1S/C17H15F5/c1-2-15(18,13-9-5-3-6-10-13)17(21,22)16(19,20)14-11-7-4-8-12-14/h3-12H,2H2,1H3. The molecule has 0 nitrogen and oxygen atoms in total. The van der Waals surface area contributed by atoms with Gasteiger partial charge in [-0.25, -0.2) is 4.39 Å². The lowest BCUT2D eigenvalue weighted by molar-refractivity contribution is -0.284. The van der Waals surface area contributed by atoms with Gasteiger partial charge >= 0.3 is 11.8 Å². The lowest BCUT2D eigenvalue weighted by Gasteiger charge is -2.38. The third-order valence-corrected chi connectivity index (χ3v) is 3.75. The molecule has 0 amide bonds. The maximum absolute atomic E-state index is 15.0. The Morgan fingerprint density at radius 3 is 1.50 bits per heavy atom. The SMILES string of the molecule is CCC(F)(c1ccccc1)C(F)(F)C(F)(F)c1ccccc1. The van der Waals surface area contributed by atoms with Gasteiger partial charge < -0.3 is 0 Å². The van der Waals surface area contributed by atoms with E-state index in [9.17, 15) is 22.0 Å². The van der Waals surface area contributed by atoms with Crippen LogP contribution in [0.3, 0.4) is 0 Å². The fourth-order valence-electron chi connectivity index (χ4n) is 2.39. The minimum Gasteiger partial charge on any atom is -0.232 e. The smallest absolute Gasteiger partial charge is 0.232 e. The average Bonchev–Trinajstić information content (AvgIpc) is 2.55. The normalized spacial score (nSPS) is 15.4. The Morgan fingerprint density at radius 1 is 0.682 bits per heavy atom. The van der Waals surface area contributed by atoms with Crippen molar-refractivity contribution in [1.29, 1.82) is 0 Å². The molecule has 1 atom stereocenters. The molecule has 5 heteroatoms. The summed E-state index contributed by atoms with van der Waals surface area (Å²) in [5.74, 6) is -9.52. The van der Waals surface area contributed by atoms with Crippen molar-refractivity contribution in [2.45, 2.75) is 30.9 Å². The van der Waals surface area contributed by atoms with Crippen molar-refractivity contribution in [3.05, 3.63) is 71.8 Å². The van der Waals surface area contributed by atoms with Gasteiger partial charge in [0.2, 0.25) is 5.67 Å². The van der Waals surface area contributed by atoms with Crippen LogP contribution in [0, 0.1) is 0 Å². The molecule has 0 aliphatic heterocycles. The zero-order chi connectivity index (χ0) is 16.4. The third-order valence-electron chi connectivity index (χ3n) is 3.75. The van der Waals surface area contributed by atoms with Gasteiger partial charge in [0.15, 0.2) is 0 Å². The van der Waals surface area contributed by atoms with E-state index >= 15 is 0 Å². The van der Waals surface area contributed by atoms with E-state index in [4.69, 9.17) is 0 Å². The molecule has 0 aliphatic rings. The van der Waals surface area contributed by atoms with E-state index < -0.39 is 35.1 Å². The molecule has 0 heterocycles. The van der Waals surface area contributed by atoms with Crippen molar-refractivity contribution in [2.75, 3.05) is 0 Å². The van der Waals surface area contributed by atoms with Crippen LogP contribution < -0.4 is 0 Å². The quantitative estimate of drug-likeness (QED) is 0.622. The maximum Gasteiger partial charge on any atom is 0.351 e. The molecule has 118 valence electrons. The van der Waals surface area contributed by atoms with Gasteiger partial charge in [0, 0.05) is 5.56 Å². The van der Waals surface area contributed by atoms with E-state index in [2.05, 4.69) is 0 Å². The summed E-state index contributed by atoms with van der Waals surface area (Å²) in [6.45, 7) is 1.13. The van der Waals surface area contributed by atoms with Crippen LogP contribution in [-0.4, -0.2) is 5.92 Å². The first-order chi connectivity index (χ1) is 10.3. The van der Waals surface area contributed by atoms with Crippen molar-refractivity contribution >= 4 is 0 Å². The first-order valence-corrected chi connectivity index (χ1v) is 6.83. The van der Waals surface area contributed by atoms with Gasteiger partial charge in [-0.15, -0.1) is 0 Å². The number of hydrogen-bond acceptors (Lipinski definition) is 0. The van der Waals surface area contributed by atoms with Crippen LogP contribution in [0.25, 0.3) is 0 Å². The maximum atomic E-state index is 15.0. The highest BCUT2D eigenvalue weighted by Crippen LogP contribution is 2.55. The summed E-state index contributed by atoms with van der Waals surface area (Å²) in [7, 11) is 0. The summed E-state index contributed by atoms with van der Waals surface area (Å²) in [6, 6.07) is 12.0. The van der Waals surface area contributed by atoms with Crippen molar-refractivity contribution in [3.8, 4) is 0 Å². The Kier molecular flexibility index (Phi) is 4.27. The second-order valence-corrected chi connectivity index (χ2v) is 5.04. The molecule has 22 heavy (non-hydrogen) atoms. The number of rotatable bonds is 5. The molecule has 0 aliphatic carbocycles. The Labute approximate surface area is 125 Å². The van der Waals surface area contributed by atoms with Crippen LogP contribution in [0.5, 0.6) is 0 Å². The lowest BCUT2D eigenvalue weighted by Crippen LogP contribution is -2.52. The summed E-state index contributed by atoms with van der Waals surface area (Å²) in [6.07, 6.45) is -0.771. The minimum atomic E-state index is -4.89. The van der Waals surface area contributed by atoms with Gasteiger partial charge in [-0.05, 0) is 12.0 Å². The molecule has 1 unspecified atom stereocenters. The van der Waals surface area contributed by atoms with Crippen LogP contribution in [0.15, 0.2) is 60.7 Å². The molecular formula is C17H15F5.